The predicted octanol–water partition coefficient (Wildman–Crippen LogP) is 3.28. The van der Waals surface area contributed by atoms with Crippen molar-refractivity contribution in [2.24, 2.45) is 5.92 Å². The van der Waals surface area contributed by atoms with Gasteiger partial charge in [-0.15, -0.1) is 0 Å². The Balaban J connectivity index is 2.64. The van der Waals surface area contributed by atoms with Gasteiger partial charge in [-0.3, -0.25) is 13.9 Å². The lowest BCUT2D eigenvalue weighted by Gasteiger charge is -2.24. The Labute approximate surface area is 161 Å². The van der Waals surface area contributed by atoms with Gasteiger partial charge >= 0.3 is 13.6 Å². The molecular formula is C16H25BrN3O5P. The number of urea groups is 1. The molecule has 4 N–H and O–H groups in total. The molecule has 3 amide bonds. The van der Waals surface area contributed by atoms with Crippen LogP contribution in [0.1, 0.15) is 27.2 Å². The molecule has 0 heterocycles. The van der Waals surface area contributed by atoms with Gasteiger partial charge in [0.15, 0.2) is 0 Å². The van der Waals surface area contributed by atoms with Gasteiger partial charge in [-0.25, -0.2) is 4.79 Å². The quantitative estimate of drug-likeness (QED) is 0.340. The van der Waals surface area contributed by atoms with E-state index in [0.29, 0.717) is 12.1 Å². The topological polar surface area (TPSA) is 117 Å². The Bertz CT molecular complexity index is 656. The summed E-state index contributed by atoms with van der Waals surface area (Å²) in [5.74, 6) is -0.626. The summed E-state index contributed by atoms with van der Waals surface area (Å²) in [6.07, 6.45) is 0.608. The largest absolute Gasteiger partial charge is 0.331 e. The summed E-state index contributed by atoms with van der Waals surface area (Å²) in [5, 5.41) is 7.71. The van der Waals surface area contributed by atoms with Gasteiger partial charge in [0.05, 0.1) is 0 Å². The molecule has 1 unspecified atom stereocenters. The van der Waals surface area contributed by atoms with Crippen LogP contribution in [0, 0.1) is 5.92 Å². The van der Waals surface area contributed by atoms with Gasteiger partial charge in [0.25, 0.3) is 0 Å². The summed E-state index contributed by atoms with van der Waals surface area (Å²) in [7, 11) is -3.69. The molecule has 3 atom stereocenters. The standard InChI is InChI=1S/C16H25BrN3O5P/c1-4-11(3)14(15(21)18-10-25-26(23,24)5-2)20-16(22)19-13-8-6-12(17)7-9-13/h6-9,11,14H,4-5,10H2,1-3H3,(H,18,21)(H,23,24)(H2,19,20,22)/t11-,14-/m0/s1. The van der Waals surface area contributed by atoms with Crippen LogP contribution in [0.3, 0.4) is 0 Å². The van der Waals surface area contributed by atoms with Crippen molar-refractivity contribution in [2.75, 3.05) is 18.2 Å². The number of carbonyl (C=O) groups excluding carboxylic acids is 2. The van der Waals surface area contributed by atoms with Crippen molar-refractivity contribution in [1.82, 2.24) is 10.6 Å². The van der Waals surface area contributed by atoms with Crippen molar-refractivity contribution >= 4 is 41.2 Å². The molecule has 0 saturated carbocycles. The monoisotopic (exact) mass is 449 g/mol. The summed E-state index contributed by atoms with van der Waals surface area (Å²) >= 11 is 3.31. The molecule has 0 radical (unpaired) electrons. The Morgan fingerprint density at radius 2 is 1.88 bits per heavy atom. The number of hydrogen-bond donors (Lipinski definition) is 4. The van der Waals surface area contributed by atoms with Crippen LogP contribution in [-0.2, 0) is 13.9 Å². The van der Waals surface area contributed by atoms with Crippen LogP contribution >= 0.6 is 23.5 Å². The van der Waals surface area contributed by atoms with Crippen LogP contribution in [0.5, 0.6) is 0 Å². The lowest BCUT2D eigenvalue weighted by atomic mass is 9.98. The van der Waals surface area contributed by atoms with Crippen molar-refractivity contribution in [3.8, 4) is 0 Å². The molecule has 0 aliphatic carbocycles. The molecule has 1 aromatic carbocycles. The zero-order valence-electron chi connectivity index (χ0n) is 15.0. The molecule has 1 rings (SSSR count). The first kappa shape index (κ1) is 22.6. The van der Waals surface area contributed by atoms with Crippen LogP contribution in [0.2, 0.25) is 0 Å². The molecular weight excluding hydrogens is 425 g/mol. The van der Waals surface area contributed by atoms with Crippen molar-refractivity contribution in [3.63, 3.8) is 0 Å². The fourth-order valence-corrected chi connectivity index (χ4v) is 2.66. The second-order valence-corrected chi connectivity index (χ2v) is 8.82. The smallest absolute Gasteiger partial charge is 0.329 e. The third-order valence-electron chi connectivity index (χ3n) is 3.80. The van der Waals surface area contributed by atoms with Gasteiger partial charge < -0.3 is 20.8 Å². The third kappa shape index (κ3) is 7.86. The second kappa shape index (κ2) is 10.7. The molecule has 10 heteroatoms. The molecule has 0 fully saturated rings. The minimum Gasteiger partial charge on any atom is -0.331 e. The number of amides is 3. The minimum atomic E-state index is -3.69. The van der Waals surface area contributed by atoms with E-state index in [4.69, 9.17) is 4.52 Å². The predicted molar refractivity (Wildman–Crippen MR) is 104 cm³/mol. The molecule has 0 aliphatic heterocycles. The highest BCUT2D eigenvalue weighted by Gasteiger charge is 2.26. The fraction of sp³-hybridized carbons (Fsp3) is 0.500. The highest BCUT2D eigenvalue weighted by molar-refractivity contribution is 9.10. The highest BCUT2D eigenvalue weighted by Crippen LogP contribution is 2.40. The number of anilines is 1. The van der Waals surface area contributed by atoms with Gasteiger partial charge in [-0.05, 0) is 30.2 Å². The van der Waals surface area contributed by atoms with Gasteiger partial charge in [0.1, 0.15) is 12.8 Å². The fourth-order valence-electron chi connectivity index (χ4n) is 1.95. The second-order valence-electron chi connectivity index (χ2n) is 5.74. The van der Waals surface area contributed by atoms with Gasteiger partial charge in [-0.1, -0.05) is 43.1 Å². The molecule has 146 valence electrons. The molecule has 0 saturated heterocycles. The normalized spacial score (nSPS) is 15.4. The summed E-state index contributed by atoms with van der Waals surface area (Å²) in [6, 6.07) is 5.69. The Morgan fingerprint density at radius 3 is 2.42 bits per heavy atom. The van der Waals surface area contributed by atoms with E-state index in [9.17, 15) is 19.0 Å². The molecule has 26 heavy (non-hydrogen) atoms. The summed E-state index contributed by atoms with van der Waals surface area (Å²) in [5.41, 5.74) is 0.585. The zero-order chi connectivity index (χ0) is 19.7. The Kier molecular flexibility index (Phi) is 9.29. The summed E-state index contributed by atoms with van der Waals surface area (Å²) < 4.78 is 17.1. The van der Waals surface area contributed by atoms with Crippen LogP contribution < -0.4 is 16.0 Å². The first-order chi connectivity index (χ1) is 12.2. The zero-order valence-corrected chi connectivity index (χ0v) is 17.5. The van der Waals surface area contributed by atoms with Gasteiger partial charge in [0, 0.05) is 16.3 Å². The van der Waals surface area contributed by atoms with Gasteiger partial charge in [-0.2, -0.15) is 0 Å². The lowest BCUT2D eigenvalue weighted by Crippen LogP contribution is -2.51. The molecule has 0 spiro atoms. The number of benzene rings is 1. The number of halogens is 1. The summed E-state index contributed by atoms with van der Waals surface area (Å²) in [6.45, 7) is 4.84. The van der Waals surface area contributed by atoms with Crippen LogP contribution in [0.25, 0.3) is 0 Å². The van der Waals surface area contributed by atoms with E-state index in [1.165, 1.54) is 6.92 Å². The van der Waals surface area contributed by atoms with E-state index in [1.54, 1.807) is 24.3 Å². The van der Waals surface area contributed by atoms with E-state index in [1.807, 2.05) is 13.8 Å². The molecule has 1 aromatic rings. The van der Waals surface area contributed by atoms with Crippen molar-refractivity contribution < 1.29 is 23.6 Å². The summed E-state index contributed by atoms with van der Waals surface area (Å²) in [4.78, 5) is 33.9. The maximum Gasteiger partial charge on any atom is 0.329 e. The SMILES string of the molecule is CC[C@H](C)[C@H](NC(=O)Nc1ccc(Br)cc1)C(=O)NCOP(=O)(O)CC. The molecule has 8 nitrogen and oxygen atoms in total. The molecule has 0 aliphatic rings. The highest BCUT2D eigenvalue weighted by atomic mass is 79.9. The Morgan fingerprint density at radius 1 is 1.27 bits per heavy atom. The van der Waals surface area contributed by atoms with E-state index < -0.39 is 32.3 Å². The van der Waals surface area contributed by atoms with E-state index in [2.05, 4.69) is 31.9 Å². The van der Waals surface area contributed by atoms with Gasteiger partial charge in [0.2, 0.25) is 5.91 Å². The van der Waals surface area contributed by atoms with Crippen LogP contribution in [0.4, 0.5) is 10.5 Å². The molecule has 0 aromatic heterocycles. The number of hydrogen-bond acceptors (Lipinski definition) is 4. The first-order valence-electron chi connectivity index (χ1n) is 8.25. The maximum atomic E-state index is 12.3. The van der Waals surface area contributed by atoms with Crippen molar-refractivity contribution in [1.29, 1.82) is 0 Å². The van der Waals surface area contributed by atoms with Crippen molar-refractivity contribution in [3.05, 3.63) is 28.7 Å². The van der Waals surface area contributed by atoms with E-state index in [-0.39, 0.29) is 12.1 Å². The van der Waals surface area contributed by atoms with E-state index in [0.717, 1.165) is 4.47 Å². The lowest BCUT2D eigenvalue weighted by molar-refractivity contribution is -0.125. The minimum absolute atomic E-state index is 0.0501. The average molecular weight is 450 g/mol. The number of nitrogens with one attached hydrogen (secondary N) is 3. The Hall–Kier alpha value is -1.41. The first-order valence-corrected chi connectivity index (χ1v) is 10.8. The van der Waals surface area contributed by atoms with Crippen LogP contribution in [0.15, 0.2) is 28.7 Å². The third-order valence-corrected chi connectivity index (χ3v) is 5.66. The average Bonchev–Trinajstić information content (AvgIpc) is 2.60. The van der Waals surface area contributed by atoms with Crippen LogP contribution in [-0.4, -0.2) is 35.8 Å². The maximum absolute atomic E-state index is 12.3. The molecule has 0 bridgehead atoms. The number of carbonyl (C=O) groups is 2. The van der Waals surface area contributed by atoms with E-state index >= 15 is 0 Å². The van der Waals surface area contributed by atoms with Crippen molar-refractivity contribution in [2.45, 2.75) is 33.2 Å². The number of rotatable bonds is 9.